The second-order valence-corrected chi connectivity index (χ2v) is 6.83. The van der Waals surface area contributed by atoms with Crippen LogP contribution < -0.4 is 15.4 Å². The zero-order chi connectivity index (χ0) is 20.7. The van der Waals surface area contributed by atoms with Crippen molar-refractivity contribution in [3.05, 3.63) is 58.7 Å². The van der Waals surface area contributed by atoms with Crippen LogP contribution in [0.2, 0.25) is 0 Å². The first-order valence-electron chi connectivity index (χ1n) is 8.74. The van der Waals surface area contributed by atoms with Crippen molar-refractivity contribution < 1.29 is 31.9 Å². The molecule has 3 amide bonds. The smallest absolute Gasteiger partial charge is 0.322 e. The van der Waals surface area contributed by atoms with Crippen LogP contribution in [0.15, 0.2) is 24.3 Å². The molecule has 0 unspecified atom stereocenters. The number of anilines is 1. The lowest BCUT2D eigenvalue weighted by atomic mass is 10.0. The van der Waals surface area contributed by atoms with Gasteiger partial charge in [-0.2, -0.15) is 0 Å². The van der Waals surface area contributed by atoms with Gasteiger partial charge in [0.25, 0.3) is 0 Å². The number of fused-ring (bicyclic) bond motifs is 2. The number of nitrogens with one attached hydrogen (secondary N) is 2. The number of hydrogen-bond acceptors (Lipinski definition) is 3. The molecule has 2 aliphatic rings. The number of hydrogen-bond donors (Lipinski definition) is 2. The van der Waals surface area contributed by atoms with Crippen molar-refractivity contribution in [1.29, 1.82) is 0 Å². The van der Waals surface area contributed by atoms with Gasteiger partial charge in [-0.3, -0.25) is 4.79 Å². The number of ether oxygens (including phenoxy) is 1. The number of carbonyl (C=O) groups excluding carboxylic acids is 2. The van der Waals surface area contributed by atoms with Gasteiger partial charge in [0.15, 0.2) is 23.2 Å². The lowest BCUT2D eigenvalue weighted by Gasteiger charge is -2.30. The van der Waals surface area contributed by atoms with Crippen molar-refractivity contribution >= 4 is 17.6 Å². The molecule has 0 radical (unpaired) electrons. The summed E-state index contributed by atoms with van der Waals surface area (Å²) in [6.45, 7) is -0.725. The van der Waals surface area contributed by atoms with E-state index in [9.17, 15) is 27.2 Å². The van der Waals surface area contributed by atoms with Crippen molar-refractivity contribution in [3.8, 4) is 5.75 Å². The Kier molecular flexibility index (Phi) is 4.77. The summed E-state index contributed by atoms with van der Waals surface area (Å²) in [6, 6.07) is 2.80. The van der Waals surface area contributed by atoms with Gasteiger partial charge in [0, 0.05) is 17.2 Å². The Morgan fingerprint density at radius 1 is 1.21 bits per heavy atom. The third-order valence-electron chi connectivity index (χ3n) is 4.75. The molecule has 0 aromatic heterocycles. The van der Waals surface area contributed by atoms with E-state index in [1.54, 1.807) is 0 Å². The molecule has 4 rings (SSSR count). The Balaban J connectivity index is 1.41. The Hall–Kier alpha value is -3.30. The number of halogens is 4. The highest BCUT2D eigenvalue weighted by Crippen LogP contribution is 2.29. The molecule has 2 aliphatic heterocycles. The van der Waals surface area contributed by atoms with Gasteiger partial charge >= 0.3 is 6.03 Å². The normalized spacial score (nSPS) is 17.7. The minimum absolute atomic E-state index is 0.0316. The summed E-state index contributed by atoms with van der Waals surface area (Å²) in [7, 11) is 0. The number of amides is 3. The Bertz CT molecular complexity index is 1010. The summed E-state index contributed by atoms with van der Waals surface area (Å²) in [6.07, 6.45) is 0.143. The van der Waals surface area contributed by atoms with Gasteiger partial charge in [-0.15, -0.1) is 0 Å². The highest BCUT2D eigenvalue weighted by Gasteiger charge is 2.30. The second-order valence-electron chi connectivity index (χ2n) is 6.83. The number of nitrogens with zero attached hydrogens (tertiary/aromatic N) is 1. The van der Waals surface area contributed by atoms with E-state index >= 15 is 0 Å². The first kappa shape index (κ1) is 19.0. The van der Waals surface area contributed by atoms with Crippen LogP contribution in [-0.2, 0) is 17.8 Å². The van der Waals surface area contributed by atoms with Gasteiger partial charge in [-0.1, -0.05) is 0 Å². The molecular formula is C19H15F4N3O3. The first-order chi connectivity index (χ1) is 13.8. The molecule has 6 nitrogen and oxygen atoms in total. The molecule has 2 heterocycles. The number of rotatable bonds is 3. The van der Waals surface area contributed by atoms with Crippen molar-refractivity contribution in [1.82, 2.24) is 10.2 Å². The predicted molar refractivity (Wildman–Crippen MR) is 93.3 cm³/mol. The van der Waals surface area contributed by atoms with Gasteiger partial charge in [-0.05, 0) is 24.6 Å². The molecule has 2 aromatic rings. The third-order valence-corrected chi connectivity index (χ3v) is 4.75. The van der Waals surface area contributed by atoms with Crippen LogP contribution in [0.1, 0.15) is 11.1 Å². The topological polar surface area (TPSA) is 70.7 Å². The Labute approximate surface area is 162 Å². The summed E-state index contributed by atoms with van der Waals surface area (Å²) >= 11 is 0. The van der Waals surface area contributed by atoms with Gasteiger partial charge in [-0.25, -0.2) is 22.4 Å². The monoisotopic (exact) mass is 409 g/mol. The lowest BCUT2D eigenvalue weighted by Crippen LogP contribution is -2.49. The molecule has 0 saturated carbocycles. The van der Waals surface area contributed by atoms with Crippen molar-refractivity contribution in [2.24, 2.45) is 0 Å². The van der Waals surface area contributed by atoms with Crippen molar-refractivity contribution in [2.75, 3.05) is 18.5 Å². The van der Waals surface area contributed by atoms with Crippen LogP contribution in [-0.4, -0.2) is 36.0 Å². The molecule has 0 bridgehead atoms. The molecule has 29 heavy (non-hydrogen) atoms. The Morgan fingerprint density at radius 3 is 2.79 bits per heavy atom. The van der Waals surface area contributed by atoms with E-state index in [-0.39, 0.29) is 42.1 Å². The summed E-state index contributed by atoms with van der Waals surface area (Å²) in [5.41, 5.74) is 0.367. The molecule has 2 aromatic carbocycles. The van der Waals surface area contributed by atoms with E-state index in [2.05, 4.69) is 10.6 Å². The maximum Gasteiger partial charge on any atom is 0.322 e. The number of benzene rings is 2. The molecular weight excluding hydrogens is 394 g/mol. The summed E-state index contributed by atoms with van der Waals surface area (Å²) in [5, 5.41) is 5.02. The maximum absolute atomic E-state index is 14.0. The molecule has 0 spiro atoms. The van der Waals surface area contributed by atoms with Crippen molar-refractivity contribution in [2.45, 2.75) is 19.0 Å². The van der Waals surface area contributed by atoms with Crippen LogP contribution in [0, 0.1) is 23.3 Å². The first-order valence-corrected chi connectivity index (χ1v) is 8.74. The van der Waals surface area contributed by atoms with E-state index in [0.29, 0.717) is 6.07 Å². The van der Waals surface area contributed by atoms with E-state index in [4.69, 9.17) is 4.74 Å². The average molecular weight is 409 g/mol. The fourth-order valence-corrected chi connectivity index (χ4v) is 3.42. The van der Waals surface area contributed by atoms with E-state index in [1.807, 2.05) is 0 Å². The number of urea groups is 1. The van der Waals surface area contributed by atoms with Crippen LogP contribution in [0.5, 0.6) is 5.75 Å². The standard InChI is InChI=1S/C19H15F4N3O3/c20-10-3-9-4-11(8-29-18(9)14(22)5-10)24-16(27)7-26-6-12-15(25-19(26)28)2-1-13(21)17(12)23/h1-3,5,11H,4,6-8H2,(H,24,27)(H,25,28)/t11-/m1/s1. The third kappa shape index (κ3) is 3.69. The zero-order valence-corrected chi connectivity index (χ0v) is 14.9. The molecule has 152 valence electrons. The SMILES string of the molecule is O=C(CN1Cc2c(ccc(F)c2F)NC1=O)N[C@H]1COc2c(F)cc(F)cc2C1. The quantitative estimate of drug-likeness (QED) is 0.766. The van der Waals surface area contributed by atoms with Gasteiger partial charge in [0.05, 0.1) is 18.3 Å². The molecule has 0 saturated heterocycles. The average Bonchev–Trinajstić information content (AvgIpc) is 2.65. The van der Waals surface area contributed by atoms with Crippen LogP contribution in [0.25, 0.3) is 0 Å². The predicted octanol–water partition coefficient (Wildman–Crippen LogP) is 2.71. The van der Waals surface area contributed by atoms with Crippen molar-refractivity contribution in [3.63, 3.8) is 0 Å². The van der Waals surface area contributed by atoms with Crippen LogP contribution >= 0.6 is 0 Å². The van der Waals surface area contributed by atoms with Gasteiger partial charge in [0.2, 0.25) is 5.91 Å². The molecule has 0 fully saturated rings. The van der Waals surface area contributed by atoms with Crippen LogP contribution in [0.4, 0.5) is 28.0 Å². The fourth-order valence-electron chi connectivity index (χ4n) is 3.42. The summed E-state index contributed by atoms with van der Waals surface area (Å²) in [5.74, 6) is -4.34. The molecule has 0 aliphatic carbocycles. The highest BCUT2D eigenvalue weighted by molar-refractivity contribution is 5.94. The minimum atomic E-state index is -1.09. The van der Waals surface area contributed by atoms with Gasteiger partial charge in [0.1, 0.15) is 19.0 Å². The summed E-state index contributed by atoms with van der Waals surface area (Å²) < 4.78 is 59.7. The molecule has 1 atom stereocenters. The minimum Gasteiger partial charge on any atom is -0.488 e. The maximum atomic E-state index is 14.0. The van der Waals surface area contributed by atoms with E-state index < -0.39 is 47.8 Å². The van der Waals surface area contributed by atoms with Crippen LogP contribution in [0.3, 0.4) is 0 Å². The van der Waals surface area contributed by atoms with Gasteiger partial charge < -0.3 is 20.3 Å². The zero-order valence-electron chi connectivity index (χ0n) is 14.9. The second kappa shape index (κ2) is 7.26. The Morgan fingerprint density at radius 2 is 2.00 bits per heavy atom. The fraction of sp³-hybridized carbons (Fsp3) is 0.263. The largest absolute Gasteiger partial charge is 0.488 e. The lowest BCUT2D eigenvalue weighted by molar-refractivity contribution is -0.122. The highest BCUT2D eigenvalue weighted by atomic mass is 19.2. The molecule has 2 N–H and O–H groups in total. The molecule has 10 heteroatoms. The van der Waals surface area contributed by atoms with E-state index in [0.717, 1.165) is 17.0 Å². The number of carbonyl (C=O) groups is 2. The van der Waals surface area contributed by atoms with E-state index in [1.165, 1.54) is 6.07 Å². The summed E-state index contributed by atoms with van der Waals surface area (Å²) in [4.78, 5) is 25.5.